The molecule has 0 aliphatic heterocycles. The quantitative estimate of drug-likeness (QED) is 0.583. The Kier molecular flexibility index (Phi) is 7.20. The molecule has 0 spiro atoms. The first-order valence-electron chi connectivity index (χ1n) is 10.6. The number of benzene rings is 2. The summed E-state index contributed by atoms with van der Waals surface area (Å²) in [4.78, 5) is 38.0. The van der Waals surface area contributed by atoms with E-state index in [9.17, 15) is 14.4 Å². The summed E-state index contributed by atoms with van der Waals surface area (Å²) in [5.74, 6) is -0.730. The number of amides is 2. The van der Waals surface area contributed by atoms with Gasteiger partial charge in [-0.1, -0.05) is 76.2 Å². The van der Waals surface area contributed by atoms with Crippen LogP contribution < -0.4 is 16.2 Å². The van der Waals surface area contributed by atoms with Crippen LogP contribution in [0.4, 0.5) is 11.4 Å². The summed E-state index contributed by atoms with van der Waals surface area (Å²) in [6, 6.07) is 18.4. The molecule has 1 heterocycles. The van der Waals surface area contributed by atoms with Crippen molar-refractivity contribution in [1.29, 1.82) is 0 Å². The molecule has 166 valence electrons. The van der Waals surface area contributed by atoms with Gasteiger partial charge < -0.3 is 10.6 Å². The average Bonchev–Trinajstić information content (AvgIpc) is 2.77. The number of para-hydroxylation sites is 1. The van der Waals surface area contributed by atoms with Gasteiger partial charge in [-0.25, -0.2) is 4.68 Å². The lowest BCUT2D eigenvalue weighted by molar-refractivity contribution is -0.119. The highest BCUT2D eigenvalue weighted by Gasteiger charge is 2.17. The van der Waals surface area contributed by atoms with Gasteiger partial charge in [-0.2, -0.15) is 5.10 Å². The fourth-order valence-corrected chi connectivity index (χ4v) is 3.21. The minimum atomic E-state index is -0.536. The Morgan fingerprint density at radius 2 is 1.56 bits per heavy atom. The van der Waals surface area contributed by atoms with Crippen LogP contribution in [0, 0.1) is 5.92 Å². The summed E-state index contributed by atoms with van der Waals surface area (Å²) < 4.78 is 1.09. The topological polar surface area (TPSA) is 93.1 Å². The van der Waals surface area contributed by atoms with Crippen molar-refractivity contribution in [1.82, 2.24) is 9.78 Å². The molecule has 2 amide bonds. The number of rotatable bonds is 7. The van der Waals surface area contributed by atoms with Crippen LogP contribution in [-0.2, 0) is 16.1 Å². The molecule has 0 radical (unpaired) electrons. The first-order valence-corrected chi connectivity index (χ1v) is 10.6. The lowest BCUT2D eigenvalue weighted by Crippen LogP contribution is -2.33. The van der Waals surface area contributed by atoms with Gasteiger partial charge in [-0.05, 0) is 23.6 Å². The SMILES string of the molecule is CC(C)C(=O)Nc1cc(-c2ccccc2)nn(CC(=O)Nc2ccccc2C(C)C)c1=O. The fraction of sp³-hybridized carbons (Fsp3) is 0.280. The van der Waals surface area contributed by atoms with E-state index < -0.39 is 5.56 Å². The van der Waals surface area contributed by atoms with Gasteiger partial charge in [0.25, 0.3) is 5.56 Å². The predicted molar refractivity (Wildman–Crippen MR) is 127 cm³/mol. The van der Waals surface area contributed by atoms with Crippen molar-refractivity contribution in [2.45, 2.75) is 40.2 Å². The van der Waals surface area contributed by atoms with E-state index in [1.807, 2.05) is 68.4 Å². The highest BCUT2D eigenvalue weighted by Crippen LogP contribution is 2.23. The summed E-state index contributed by atoms with van der Waals surface area (Å²) in [6.07, 6.45) is 0. The molecule has 0 saturated carbocycles. The van der Waals surface area contributed by atoms with Crippen molar-refractivity contribution in [2.24, 2.45) is 5.92 Å². The standard InChI is InChI=1S/C25H28N4O3/c1-16(2)19-12-8-9-13-20(19)26-23(30)15-29-25(32)22(27-24(31)17(3)4)14-21(28-29)18-10-6-5-7-11-18/h5-14,16-17H,15H2,1-4H3,(H,26,30)(H,27,31). The summed E-state index contributed by atoms with van der Waals surface area (Å²) in [7, 11) is 0. The molecule has 2 N–H and O–H groups in total. The molecule has 1 aromatic heterocycles. The van der Waals surface area contributed by atoms with Crippen LogP contribution in [0.15, 0.2) is 65.5 Å². The van der Waals surface area contributed by atoms with Gasteiger partial charge in [0.15, 0.2) is 0 Å². The minimum Gasteiger partial charge on any atom is -0.324 e. The van der Waals surface area contributed by atoms with Crippen molar-refractivity contribution >= 4 is 23.2 Å². The number of hydrogen-bond donors (Lipinski definition) is 2. The van der Waals surface area contributed by atoms with Crippen LogP contribution in [0.1, 0.15) is 39.2 Å². The molecule has 7 heteroatoms. The maximum atomic E-state index is 13.0. The molecule has 0 fully saturated rings. The van der Waals surface area contributed by atoms with Crippen LogP contribution in [0.2, 0.25) is 0 Å². The summed E-state index contributed by atoms with van der Waals surface area (Å²) >= 11 is 0. The maximum absolute atomic E-state index is 13.0. The lowest BCUT2D eigenvalue weighted by Gasteiger charge is -2.15. The predicted octanol–water partition coefficient (Wildman–Crippen LogP) is 4.27. The molecule has 2 aromatic carbocycles. The van der Waals surface area contributed by atoms with Gasteiger partial charge in [0.05, 0.1) is 5.69 Å². The molecule has 0 saturated heterocycles. The highest BCUT2D eigenvalue weighted by atomic mass is 16.2. The zero-order valence-electron chi connectivity index (χ0n) is 18.8. The largest absolute Gasteiger partial charge is 0.324 e. The second kappa shape index (κ2) is 10.0. The van der Waals surface area contributed by atoms with Crippen LogP contribution in [0.25, 0.3) is 11.3 Å². The summed E-state index contributed by atoms with van der Waals surface area (Å²) in [6.45, 7) is 7.30. The van der Waals surface area contributed by atoms with E-state index in [2.05, 4.69) is 15.7 Å². The van der Waals surface area contributed by atoms with E-state index in [0.29, 0.717) is 11.4 Å². The molecule has 32 heavy (non-hydrogen) atoms. The van der Waals surface area contributed by atoms with Gasteiger partial charge in [-0.15, -0.1) is 0 Å². The van der Waals surface area contributed by atoms with Crippen molar-refractivity contribution in [3.05, 3.63) is 76.6 Å². The van der Waals surface area contributed by atoms with Crippen LogP contribution >= 0.6 is 0 Å². The normalized spacial score (nSPS) is 10.9. The molecule has 0 unspecified atom stereocenters. The molecule has 0 bridgehead atoms. The number of nitrogens with one attached hydrogen (secondary N) is 2. The first kappa shape index (κ1) is 22.9. The Bertz CT molecular complexity index is 1170. The third-order valence-electron chi connectivity index (χ3n) is 4.98. The van der Waals surface area contributed by atoms with Gasteiger partial charge in [0.2, 0.25) is 11.8 Å². The Morgan fingerprint density at radius 3 is 2.22 bits per heavy atom. The third-order valence-corrected chi connectivity index (χ3v) is 4.98. The number of nitrogens with zero attached hydrogens (tertiary/aromatic N) is 2. The van der Waals surface area contributed by atoms with Crippen LogP contribution in [0.3, 0.4) is 0 Å². The maximum Gasteiger partial charge on any atom is 0.291 e. The lowest BCUT2D eigenvalue weighted by atomic mass is 10.0. The molecular weight excluding hydrogens is 404 g/mol. The van der Waals surface area contributed by atoms with E-state index in [0.717, 1.165) is 15.8 Å². The Labute approximate surface area is 187 Å². The van der Waals surface area contributed by atoms with E-state index in [1.54, 1.807) is 19.9 Å². The van der Waals surface area contributed by atoms with Gasteiger partial charge in [0.1, 0.15) is 12.2 Å². The summed E-state index contributed by atoms with van der Waals surface area (Å²) in [5.41, 5.74) is 2.52. The number of carbonyl (C=O) groups excluding carboxylic acids is 2. The van der Waals surface area contributed by atoms with Gasteiger partial charge in [0, 0.05) is 17.2 Å². The van der Waals surface area contributed by atoms with Crippen molar-refractivity contribution in [3.8, 4) is 11.3 Å². The Balaban J connectivity index is 1.95. The fourth-order valence-electron chi connectivity index (χ4n) is 3.21. The molecule has 7 nitrogen and oxygen atoms in total. The third kappa shape index (κ3) is 5.49. The molecule has 3 aromatic rings. The molecule has 0 aliphatic carbocycles. The van der Waals surface area contributed by atoms with Crippen molar-refractivity contribution < 1.29 is 9.59 Å². The number of anilines is 2. The zero-order chi connectivity index (χ0) is 23.3. The Morgan fingerprint density at radius 1 is 0.906 bits per heavy atom. The summed E-state index contributed by atoms with van der Waals surface area (Å²) in [5, 5.41) is 9.93. The van der Waals surface area contributed by atoms with Crippen molar-refractivity contribution in [3.63, 3.8) is 0 Å². The Hall–Kier alpha value is -3.74. The molecule has 3 rings (SSSR count). The van der Waals surface area contributed by atoms with E-state index in [1.165, 1.54) is 0 Å². The second-order valence-corrected chi connectivity index (χ2v) is 8.21. The van der Waals surface area contributed by atoms with Crippen LogP contribution in [-0.4, -0.2) is 21.6 Å². The average molecular weight is 433 g/mol. The number of carbonyl (C=O) groups is 2. The van der Waals surface area contributed by atoms with E-state index in [-0.39, 0.29) is 35.9 Å². The van der Waals surface area contributed by atoms with Gasteiger partial charge in [-0.3, -0.25) is 14.4 Å². The monoisotopic (exact) mass is 432 g/mol. The van der Waals surface area contributed by atoms with E-state index >= 15 is 0 Å². The second-order valence-electron chi connectivity index (χ2n) is 8.21. The zero-order valence-corrected chi connectivity index (χ0v) is 18.8. The molecule has 0 aliphatic rings. The number of aromatic nitrogens is 2. The highest BCUT2D eigenvalue weighted by molar-refractivity contribution is 5.93. The first-order chi connectivity index (χ1) is 15.3. The number of hydrogen-bond acceptors (Lipinski definition) is 4. The smallest absolute Gasteiger partial charge is 0.291 e. The molecular formula is C25H28N4O3. The van der Waals surface area contributed by atoms with Crippen LogP contribution in [0.5, 0.6) is 0 Å². The minimum absolute atomic E-state index is 0.0907. The van der Waals surface area contributed by atoms with Gasteiger partial charge >= 0.3 is 0 Å². The van der Waals surface area contributed by atoms with Crippen molar-refractivity contribution in [2.75, 3.05) is 10.6 Å². The van der Waals surface area contributed by atoms with E-state index in [4.69, 9.17) is 0 Å². The molecule has 0 atom stereocenters.